The van der Waals surface area contributed by atoms with E-state index in [1.807, 2.05) is 36.4 Å². The van der Waals surface area contributed by atoms with Crippen LogP contribution in [0, 0.1) is 0 Å². The zero-order valence-electron chi connectivity index (χ0n) is 13.3. The van der Waals surface area contributed by atoms with Gasteiger partial charge in [0.15, 0.2) is 0 Å². The van der Waals surface area contributed by atoms with Gasteiger partial charge in [0, 0.05) is 0 Å². The summed E-state index contributed by atoms with van der Waals surface area (Å²) in [4.78, 5) is 12.2. The van der Waals surface area contributed by atoms with E-state index in [0.29, 0.717) is 6.54 Å². The molecule has 2 N–H and O–H groups in total. The second-order valence-electron chi connectivity index (χ2n) is 5.54. The number of carbonyl (C=O) groups excluding carboxylic acids is 1. The van der Waals surface area contributed by atoms with E-state index < -0.39 is 0 Å². The number of amides is 1. The molecule has 22 heavy (non-hydrogen) atoms. The maximum absolute atomic E-state index is 12.2. The monoisotopic (exact) mass is 296 g/mol. The molecule has 0 spiro atoms. The van der Waals surface area contributed by atoms with E-state index in [1.54, 1.807) is 7.05 Å². The van der Waals surface area contributed by atoms with Crippen molar-refractivity contribution in [2.45, 2.75) is 25.3 Å². The minimum atomic E-state index is -0.378. The SMILES string of the molecule is CCC(Cc1ccccc1)(NC(=O)CNC)c1ccccc1. The number of likely N-dealkylation sites (N-methyl/N-ethyl adjacent to an activating group) is 1. The van der Waals surface area contributed by atoms with Crippen molar-refractivity contribution >= 4 is 5.91 Å². The molecule has 1 amide bonds. The minimum Gasteiger partial charge on any atom is -0.345 e. The average molecular weight is 296 g/mol. The molecule has 0 fully saturated rings. The first-order chi connectivity index (χ1) is 10.7. The van der Waals surface area contributed by atoms with Gasteiger partial charge in [0.05, 0.1) is 12.1 Å². The topological polar surface area (TPSA) is 41.1 Å². The number of carbonyl (C=O) groups is 1. The third-order valence-electron chi connectivity index (χ3n) is 3.99. The molecule has 0 aliphatic carbocycles. The first-order valence-corrected chi connectivity index (χ1v) is 7.75. The Morgan fingerprint density at radius 2 is 1.59 bits per heavy atom. The summed E-state index contributed by atoms with van der Waals surface area (Å²) in [6, 6.07) is 20.5. The van der Waals surface area contributed by atoms with Crippen LogP contribution in [0.3, 0.4) is 0 Å². The van der Waals surface area contributed by atoms with E-state index in [0.717, 1.165) is 18.4 Å². The molecule has 0 bridgehead atoms. The third kappa shape index (κ3) is 3.95. The number of nitrogens with one attached hydrogen (secondary N) is 2. The van der Waals surface area contributed by atoms with Crippen molar-refractivity contribution in [1.29, 1.82) is 0 Å². The highest BCUT2D eigenvalue weighted by Gasteiger charge is 2.32. The fraction of sp³-hybridized carbons (Fsp3) is 0.316. The average Bonchev–Trinajstić information content (AvgIpc) is 2.56. The van der Waals surface area contributed by atoms with Gasteiger partial charge in [0.25, 0.3) is 0 Å². The highest BCUT2D eigenvalue weighted by Crippen LogP contribution is 2.29. The Kier molecular flexibility index (Phi) is 5.73. The first-order valence-electron chi connectivity index (χ1n) is 7.75. The molecule has 3 heteroatoms. The molecule has 0 aliphatic heterocycles. The Bertz CT molecular complexity index is 583. The highest BCUT2D eigenvalue weighted by molar-refractivity contribution is 5.79. The zero-order chi connectivity index (χ0) is 15.8. The van der Waals surface area contributed by atoms with Crippen LogP contribution in [-0.4, -0.2) is 19.5 Å². The van der Waals surface area contributed by atoms with Crippen molar-refractivity contribution in [3.05, 3.63) is 71.8 Å². The van der Waals surface area contributed by atoms with Crippen molar-refractivity contribution in [2.24, 2.45) is 0 Å². The summed E-state index contributed by atoms with van der Waals surface area (Å²) in [5.41, 5.74) is 1.99. The van der Waals surface area contributed by atoms with Gasteiger partial charge in [-0.3, -0.25) is 4.79 Å². The van der Waals surface area contributed by atoms with E-state index in [-0.39, 0.29) is 11.4 Å². The summed E-state index contributed by atoms with van der Waals surface area (Å²) < 4.78 is 0. The smallest absolute Gasteiger partial charge is 0.234 e. The number of hydrogen-bond acceptors (Lipinski definition) is 2. The lowest BCUT2D eigenvalue weighted by Gasteiger charge is -2.35. The van der Waals surface area contributed by atoms with Crippen LogP contribution in [0.15, 0.2) is 60.7 Å². The van der Waals surface area contributed by atoms with Gasteiger partial charge in [-0.15, -0.1) is 0 Å². The van der Waals surface area contributed by atoms with Gasteiger partial charge in [0.1, 0.15) is 0 Å². The van der Waals surface area contributed by atoms with Crippen LogP contribution in [0.2, 0.25) is 0 Å². The molecule has 0 saturated heterocycles. The van der Waals surface area contributed by atoms with Gasteiger partial charge in [-0.05, 0) is 31.0 Å². The Hall–Kier alpha value is -2.13. The summed E-state index contributed by atoms with van der Waals surface area (Å²) in [5.74, 6) is 0.0177. The predicted molar refractivity (Wildman–Crippen MR) is 90.6 cm³/mol. The maximum Gasteiger partial charge on any atom is 0.234 e. The predicted octanol–water partition coefficient (Wildman–Crippen LogP) is 2.87. The minimum absolute atomic E-state index is 0.0177. The number of rotatable bonds is 7. The van der Waals surface area contributed by atoms with Crippen LogP contribution >= 0.6 is 0 Å². The quantitative estimate of drug-likeness (QED) is 0.825. The second-order valence-corrected chi connectivity index (χ2v) is 5.54. The Balaban J connectivity index is 2.35. The Labute approximate surface area is 132 Å². The van der Waals surface area contributed by atoms with Crippen molar-refractivity contribution in [2.75, 3.05) is 13.6 Å². The molecule has 1 unspecified atom stereocenters. The van der Waals surface area contributed by atoms with Crippen molar-refractivity contribution in [3.63, 3.8) is 0 Å². The van der Waals surface area contributed by atoms with Crippen molar-refractivity contribution < 1.29 is 4.79 Å². The van der Waals surface area contributed by atoms with Gasteiger partial charge in [-0.25, -0.2) is 0 Å². The molecule has 1 atom stereocenters. The first kappa shape index (κ1) is 16.2. The molecule has 2 aromatic carbocycles. The normalized spacial score (nSPS) is 13.4. The summed E-state index contributed by atoms with van der Waals surface area (Å²) in [6.07, 6.45) is 1.62. The molecule has 2 aromatic rings. The van der Waals surface area contributed by atoms with Crippen LogP contribution in [0.25, 0.3) is 0 Å². The van der Waals surface area contributed by atoms with Gasteiger partial charge >= 0.3 is 0 Å². The number of hydrogen-bond donors (Lipinski definition) is 2. The number of benzene rings is 2. The molecular formula is C19H24N2O. The molecule has 0 heterocycles. The van der Waals surface area contributed by atoms with E-state index in [2.05, 4.69) is 41.8 Å². The van der Waals surface area contributed by atoms with Crippen LogP contribution in [-0.2, 0) is 16.8 Å². The third-order valence-corrected chi connectivity index (χ3v) is 3.99. The maximum atomic E-state index is 12.2. The molecule has 0 aromatic heterocycles. The zero-order valence-corrected chi connectivity index (χ0v) is 13.3. The van der Waals surface area contributed by atoms with Gasteiger partial charge < -0.3 is 10.6 Å². The van der Waals surface area contributed by atoms with E-state index in [9.17, 15) is 4.79 Å². The van der Waals surface area contributed by atoms with E-state index in [4.69, 9.17) is 0 Å². The molecule has 116 valence electrons. The molecule has 0 saturated carbocycles. The lowest BCUT2D eigenvalue weighted by atomic mass is 9.81. The Morgan fingerprint density at radius 1 is 1.00 bits per heavy atom. The molecule has 0 radical (unpaired) electrons. The molecule has 0 aliphatic rings. The summed E-state index contributed by atoms with van der Waals surface area (Å²) in [7, 11) is 1.78. The van der Waals surface area contributed by atoms with Crippen molar-refractivity contribution in [3.8, 4) is 0 Å². The summed E-state index contributed by atoms with van der Waals surface area (Å²) in [5, 5.41) is 6.16. The van der Waals surface area contributed by atoms with Crippen LogP contribution in [0.4, 0.5) is 0 Å². The molecular weight excluding hydrogens is 272 g/mol. The molecule has 2 rings (SSSR count). The van der Waals surface area contributed by atoms with Gasteiger partial charge in [0.2, 0.25) is 5.91 Å². The fourth-order valence-electron chi connectivity index (χ4n) is 2.81. The molecule has 3 nitrogen and oxygen atoms in total. The van der Waals surface area contributed by atoms with Crippen molar-refractivity contribution in [1.82, 2.24) is 10.6 Å². The fourth-order valence-corrected chi connectivity index (χ4v) is 2.81. The van der Waals surface area contributed by atoms with Crippen LogP contribution < -0.4 is 10.6 Å². The highest BCUT2D eigenvalue weighted by atomic mass is 16.2. The summed E-state index contributed by atoms with van der Waals surface area (Å²) >= 11 is 0. The standard InChI is InChI=1S/C19H24N2O/c1-3-19(21-18(22)15-20-2,17-12-8-5-9-13-17)14-16-10-6-4-7-11-16/h4-13,20H,3,14-15H2,1-2H3,(H,21,22). The van der Waals surface area contributed by atoms with E-state index in [1.165, 1.54) is 5.56 Å². The largest absolute Gasteiger partial charge is 0.345 e. The second kappa shape index (κ2) is 7.76. The van der Waals surface area contributed by atoms with E-state index >= 15 is 0 Å². The van der Waals surface area contributed by atoms with Crippen LogP contribution in [0.1, 0.15) is 24.5 Å². The Morgan fingerprint density at radius 3 is 2.14 bits per heavy atom. The summed E-state index contributed by atoms with van der Waals surface area (Å²) in [6.45, 7) is 2.44. The van der Waals surface area contributed by atoms with Crippen LogP contribution in [0.5, 0.6) is 0 Å². The lowest BCUT2D eigenvalue weighted by molar-refractivity contribution is -0.122. The van der Waals surface area contributed by atoms with Gasteiger partial charge in [-0.1, -0.05) is 67.6 Å². The lowest BCUT2D eigenvalue weighted by Crippen LogP contribution is -2.49. The van der Waals surface area contributed by atoms with Gasteiger partial charge in [-0.2, -0.15) is 0 Å².